The average Bonchev–Trinajstić information content (AvgIpc) is 3.75. The summed E-state index contributed by atoms with van der Waals surface area (Å²) in [5, 5.41) is 12.1. The van der Waals surface area contributed by atoms with Crippen molar-refractivity contribution in [2.75, 3.05) is 11.5 Å². The fourth-order valence-electron chi connectivity index (χ4n) is 6.22. The molecule has 7 heterocycles. The van der Waals surface area contributed by atoms with Crippen LogP contribution in [0.5, 0.6) is 0 Å². The Kier molecular flexibility index (Phi) is 5.37. The summed E-state index contributed by atoms with van der Waals surface area (Å²) in [5.74, 6) is 0.716. The molecule has 14 heteroatoms. The summed E-state index contributed by atoms with van der Waals surface area (Å²) >= 11 is 0. The van der Waals surface area contributed by atoms with Gasteiger partial charge in [0, 0.05) is 47.7 Å². The Morgan fingerprint density at radius 1 is 1.05 bits per heavy atom. The molecule has 2 aliphatic heterocycles. The van der Waals surface area contributed by atoms with Crippen molar-refractivity contribution in [3.63, 3.8) is 0 Å². The molecular formula is C26H26N12O2. The fraction of sp³-hybridized carbons (Fsp3) is 0.308. The lowest BCUT2D eigenvalue weighted by Crippen LogP contribution is -2.46. The van der Waals surface area contributed by atoms with Gasteiger partial charge in [-0.3, -0.25) is 14.6 Å². The van der Waals surface area contributed by atoms with Gasteiger partial charge in [0.1, 0.15) is 11.5 Å². The Bertz CT molecular complexity index is 1740. The highest BCUT2D eigenvalue weighted by Gasteiger charge is 2.46. The lowest BCUT2D eigenvalue weighted by atomic mass is 9.85. The average molecular weight is 539 g/mol. The normalized spacial score (nSPS) is 20.3. The number of imidazole rings is 1. The van der Waals surface area contributed by atoms with E-state index in [2.05, 4.69) is 35.2 Å². The maximum atomic E-state index is 13.2. The summed E-state index contributed by atoms with van der Waals surface area (Å²) in [4.78, 5) is 47.5. The number of carbonyl (C=O) groups excluding carboxylic acids is 2. The van der Waals surface area contributed by atoms with E-state index in [1.165, 1.54) is 11.4 Å². The van der Waals surface area contributed by atoms with Crippen molar-refractivity contribution >= 4 is 29.1 Å². The van der Waals surface area contributed by atoms with Gasteiger partial charge in [0.15, 0.2) is 17.3 Å². The Hall–Kier alpha value is -5.14. The second-order valence-corrected chi connectivity index (χ2v) is 10.3. The molecule has 5 aromatic rings. The molecular weight excluding hydrogens is 512 g/mol. The van der Waals surface area contributed by atoms with E-state index in [4.69, 9.17) is 16.5 Å². The summed E-state index contributed by atoms with van der Waals surface area (Å²) in [6, 6.07) is 3.76. The number of pyridine rings is 1. The predicted molar refractivity (Wildman–Crippen MR) is 144 cm³/mol. The number of nitrogens with one attached hydrogen (secondary N) is 2. The van der Waals surface area contributed by atoms with Crippen LogP contribution in [0.15, 0.2) is 36.9 Å². The second kappa shape index (κ2) is 8.97. The standard InChI is InChI=1S/C26H26N12O2/c1-12(39)19-20(14-8-15-3-4-16(9-14)37(15)25(40)23-34-26(28)36-35-23)33-24-17(11-32-38(24)21(19)27)13-2-5-18(31-10-13)22-29-6-7-30-22/h2,5-7,10-11,14-16H,3-4,8-9,27H2,1H3,(H,29,30)(H3,28,34,35,36)/t14-,15-,16+. The third-order valence-electron chi connectivity index (χ3n) is 7.94. The number of nitrogens with two attached hydrogens (primary N) is 2. The number of amides is 1. The zero-order valence-electron chi connectivity index (χ0n) is 21.6. The van der Waals surface area contributed by atoms with Gasteiger partial charge in [-0.15, -0.1) is 10.2 Å². The largest absolute Gasteiger partial charge is 0.383 e. The molecule has 6 N–H and O–H groups in total. The molecule has 2 bridgehead atoms. The van der Waals surface area contributed by atoms with Gasteiger partial charge in [-0.25, -0.2) is 9.97 Å². The number of rotatable bonds is 5. The summed E-state index contributed by atoms with van der Waals surface area (Å²) < 4.78 is 1.51. The van der Waals surface area contributed by atoms with Crippen LogP contribution in [0.25, 0.3) is 28.3 Å². The number of Topliss-reactive ketones (excluding diaryl/α,β-unsaturated/α-hetero) is 1. The molecule has 7 rings (SSSR count). The maximum absolute atomic E-state index is 13.2. The predicted octanol–water partition coefficient (Wildman–Crippen LogP) is 2.22. The van der Waals surface area contributed by atoms with Gasteiger partial charge < -0.3 is 26.3 Å². The highest BCUT2D eigenvalue weighted by Crippen LogP contribution is 2.45. The molecule has 2 aliphatic rings. The number of carbonyl (C=O) groups is 2. The second-order valence-electron chi connectivity index (χ2n) is 10.3. The zero-order chi connectivity index (χ0) is 27.5. The van der Waals surface area contributed by atoms with Crippen molar-refractivity contribution in [1.82, 2.24) is 49.6 Å². The molecule has 5 aromatic heterocycles. The van der Waals surface area contributed by atoms with Gasteiger partial charge >= 0.3 is 0 Å². The van der Waals surface area contributed by atoms with Crippen LogP contribution >= 0.6 is 0 Å². The Morgan fingerprint density at radius 2 is 1.85 bits per heavy atom. The first-order valence-electron chi connectivity index (χ1n) is 13.0. The van der Waals surface area contributed by atoms with E-state index in [9.17, 15) is 9.59 Å². The number of anilines is 2. The molecule has 2 saturated heterocycles. The summed E-state index contributed by atoms with van der Waals surface area (Å²) in [7, 11) is 0. The van der Waals surface area contributed by atoms with Gasteiger partial charge in [0.05, 0.1) is 17.5 Å². The van der Waals surface area contributed by atoms with Crippen LogP contribution in [-0.2, 0) is 0 Å². The van der Waals surface area contributed by atoms with Crippen molar-refractivity contribution in [3.05, 3.63) is 54.0 Å². The first-order chi connectivity index (χ1) is 19.4. The van der Waals surface area contributed by atoms with Gasteiger partial charge in [-0.1, -0.05) is 6.07 Å². The highest BCUT2D eigenvalue weighted by atomic mass is 16.2. The van der Waals surface area contributed by atoms with Crippen molar-refractivity contribution < 1.29 is 9.59 Å². The van der Waals surface area contributed by atoms with Crippen LogP contribution in [0.1, 0.15) is 65.2 Å². The molecule has 14 nitrogen and oxygen atoms in total. The minimum absolute atomic E-state index is 0.0237. The topological polar surface area (TPSA) is 203 Å². The van der Waals surface area contributed by atoms with Gasteiger partial charge in [-0.05, 0) is 38.7 Å². The molecule has 3 atom stereocenters. The molecule has 0 spiro atoms. The van der Waals surface area contributed by atoms with Gasteiger partial charge in [0.2, 0.25) is 11.8 Å². The van der Waals surface area contributed by atoms with E-state index >= 15 is 0 Å². The number of nitrogens with zero attached hydrogens (tertiary/aromatic N) is 8. The number of aromatic nitrogens is 9. The Balaban J connectivity index is 1.25. The lowest BCUT2D eigenvalue weighted by molar-refractivity contribution is 0.0556. The lowest BCUT2D eigenvalue weighted by Gasteiger charge is -2.38. The molecule has 0 saturated carbocycles. The van der Waals surface area contributed by atoms with Crippen molar-refractivity contribution in [2.45, 2.75) is 50.6 Å². The van der Waals surface area contributed by atoms with Crippen LogP contribution in [0.4, 0.5) is 11.8 Å². The molecule has 40 heavy (non-hydrogen) atoms. The Labute approximate surface area is 227 Å². The highest BCUT2D eigenvalue weighted by molar-refractivity contribution is 6.00. The van der Waals surface area contributed by atoms with Gasteiger partial charge in [-0.2, -0.15) is 9.61 Å². The van der Waals surface area contributed by atoms with Crippen LogP contribution in [0.2, 0.25) is 0 Å². The SMILES string of the molecule is CC(=O)c1c([C@@H]2C[C@H]3CC[C@@H](C2)N3C(=O)c2nnc(N)[nH]2)nc2c(-c3ccc(-c4ncc[nH]4)nc3)cnn2c1N. The third-order valence-corrected chi connectivity index (χ3v) is 7.94. The van der Waals surface area contributed by atoms with E-state index in [1.807, 2.05) is 17.0 Å². The number of ketones is 1. The number of H-pyrrole nitrogens is 2. The smallest absolute Gasteiger partial charge is 0.292 e. The fourth-order valence-corrected chi connectivity index (χ4v) is 6.22. The maximum Gasteiger partial charge on any atom is 0.292 e. The molecule has 0 aromatic carbocycles. The van der Waals surface area contributed by atoms with E-state index in [1.54, 1.807) is 24.8 Å². The molecule has 1 amide bonds. The minimum atomic E-state index is -0.214. The number of nitrogen functional groups attached to an aromatic ring is 2. The molecule has 0 aliphatic carbocycles. The van der Waals surface area contributed by atoms with Crippen LogP contribution in [0.3, 0.4) is 0 Å². The van der Waals surface area contributed by atoms with Crippen LogP contribution in [0, 0.1) is 0 Å². The number of hydrogen-bond donors (Lipinski definition) is 4. The van der Waals surface area contributed by atoms with Crippen LogP contribution in [-0.4, -0.2) is 73.4 Å². The van der Waals surface area contributed by atoms with E-state index in [0.29, 0.717) is 41.3 Å². The number of hydrogen-bond acceptors (Lipinski definition) is 10. The first-order valence-corrected chi connectivity index (χ1v) is 13.0. The Morgan fingerprint density at radius 3 is 2.48 bits per heavy atom. The molecule has 2 fully saturated rings. The first kappa shape index (κ1) is 23.9. The van der Waals surface area contributed by atoms with Crippen LogP contribution < -0.4 is 11.5 Å². The molecule has 0 radical (unpaired) electrons. The van der Waals surface area contributed by atoms with Crippen molar-refractivity contribution in [1.29, 1.82) is 0 Å². The summed E-state index contributed by atoms with van der Waals surface area (Å²) in [6.45, 7) is 1.49. The monoisotopic (exact) mass is 538 g/mol. The third kappa shape index (κ3) is 3.71. The number of fused-ring (bicyclic) bond motifs is 3. The molecule has 202 valence electrons. The number of piperidine rings is 1. The van der Waals surface area contributed by atoms with Gasteiger partial charge in [0.25, 0.3) is 5.91 Å². The quantitative estimate of drug-likeness (QED) is 0.240. The summed E-state index contributed by atoms with van der Waals surface area (Å²) in [6.07, 6.45) is 9.86. The van der Waals surface area contributed by atoms with E-state index in [-0.39, 0.29) is 47.3 Å². The van der Waals surface area contributed by atoms with Crippen molar-refractivity contribution in [2.24, 2.45) is 0 Å². The van der Waals surface area contributed by atoms with E-state index < -0.39 is 0 Å². The van der Waals surface area contributed by atoms with E-state index in [0.717, 1.165) is 24.0 Å². The van der Waals surface area contributed by atoms with Crippen molar-refractivity contribution in [3.8, 4) is 22.6 Å². The summed E-state index contributed by atoms with van der Waals surface area (Å²) in [5.41, 5.74) is 16.0. The number of aromatic amines is 2. The zero-order valence-corrected chi connectivity index (χ0v) is 21.6. The minimum Gasteiger partial charge on any atom is -0.383 e. The molecule has 0 unspecified atom stereocenters.